The summed E-state index contributed by atoms with van der Waals surface area (Å²) in [5.74, 6) is 0.543. The van der Waals surface area contributed by atoms with E-state index in [2.05, 4.69) is 5.16 Å². The van der Waals surface area contributed by atoms with Crippen LogP contribution in [0.2, 0.25) is 0 Å². The van der Waals surface area contributed by atoms with E-state index in [1.54, 1.807) is 0 Å². The maximum Gasteiger partial charge on any atom is 0.311 e. The number of amidine groups is 1. The van der Waals surface area contributed by atoms with E-state index in [1.807, 2.05) is 0 Å². The number of rotatable bonds is 5. The van der Waals surface area contributed by atoms with Gasteiger partial charge in [-0.15, -0.1) is 0 Å². The van der Waals surface area contributed by atoms with Gasteiger partial charge in [0.2, 0.25) is 0 Å². The average molecular weight is 251 g/mol. The largest absolute Gasteiger partial charge is 0.487 e. The van der Waals surface area contributed by atoms with Crippen LogP contribution in [-0.4, -0.2) is 22.6 Å². The second-order valence-electron chi connectivity index (χ2n) is 4.18. The van der Waals surface area contributed by atoms with E-state index < -0.39 is 4.92 Å². The third-order valence-electron chi connectivity index (χ3n) is 2.73. The molecule has 1 fully saturated rings. The zero-order valence-electron chi connectivity index (χ0n) is 9.57. The van der Waals surface area contributed by atoms with Crippen molar-refractivity contribution in [3.8, 4) is 5.75 Å². The molecule has 0 saturated heterocycles. The van der Waals surface area contributed by atoms with E-state index in [0.29, 0.717) is 12.5 Å². The highest BCUT2D eigenvalue weighted by molar-refractivity contribution is 5.97. The Bertz CT molecular complexity index is 497. The molecular formula is C11H13N3O4. The quantitative estimate of drug-likeness (QED) is 0.270. The first-order valence-corrected chi connectivity index (χ1v) is 5.51. The molecule has 0 atom stereocenters. The first-order chi connectivity index (χ1) is 8.61. The average Bonchev–Trinajstić information content (AvgIpc) is 3.19. The molecule has 0 heterocycles. The molecule has 7 nitrogen and oxygen atoms in total. The van der Waals surface area contributed by atoms with Crippen LogP contribution in [0.3, 0.4) is 0 Å². The summed E-state index contributed by atoms with van der Waals surface area (Å²) < 4.78 is 5.41. The van der Waals surface area contributed by atoms with Gasteiger partial charge in [0.05, 0.1) is 11.5 Å². The van der Waals surface area contributed by atoms with Gasteiger partial charge in [-0.05, 0) is 30.9 Å². The predicted octanol–water partition coefficient (Wildman–Crippen LogP) is 1.48. The van der Waals surface area contributed by atoms with Crippen molar-refractivity contribution in [3.63, 3.8) is 0 Å². The summed E-state index contributed by atoms with van der Waals surface area (Å²) in [5, 5.41) is 22.3. The molecule has 0 amide bonds. The summed E-state index contributed by atoms with van der Waals surface area (Å²) >= 11 is 0. The third-order valence-corrected chi connectivity index (χ3v) is 2.73. The van der Waals surface area contributed by atoms with Gasteiger partial charge in [0.15, 0.2) is 11.6 Å². The highest BCUT2D eigenvalue weighted by Gasteiger charge is 2.24. The molecule has 0 unspecified atom stereocenters. The Kier molecular flexibility index (Phi) is 3.31. The minimum absolute atomic E-state index is 0.174. The lowest BCUT2D eigenvalue weighted by Gasteiger charge is -2.07. The SMILES string of the molecule is N/C(=N/O)c1ccc(OCC2CC2)c([N+](=O)[O-])c1. The minimum Gasteiger partial charge on any atom is -0.487 e. The second kappa shape index (κ2) is 4.91. The summed E-state index contributed by atoms with van der Waals surface area (Å²) in [6.45, 7) is 0.490. The van der Waals surface area contributed by atoms with E-state index in [4.69, 9.17) is 15.7 Å². The Labute approximate surface area is 103 Å². The van der Waals surface area contributed by atoms with Gasteiger partial charge in [-0.25, -0.2) is 0 Å². The van der Waals surface area contributed by atoms with Crippen LogP contribution in [0.1, 0.15) is 18.4 Å². The van der Waals surface area contributed by atoms with Crippen LogP contribution in [0.5, 0.6) is 5.75 Å². The molecule has 96 valence electrons. The highest BCUT2D eigenvalue weighted by atomic mass is 16.6. The van der Waals surface area contributed by atoms with Gasteiger partial charge in [-0.3, -0.25) is 10.1 Å². The normalized spacial score (nSPS) is 15.4. The van der Waals surface area contributed by atoms with Gasteiger partial charge in [0.25, 0.3) is 0 Å². The Morgan fingerprint density at radius 1 is 1.61 bits per heavy atom. The van der Waals surface area contributed by atoms with Crippen LogP contribution in [0.4, 0.5) is 5.69 Å². The number of benzene rings is 1. The maximum absolute atomic E-state index is 10.9. The van der Waals surface area contributed by atoms with E-state index in [9.17, 15) is 10.1 Å². The first-order valence-electron chi connectivity index (χ1n) is 5.51. The summed E-state index contributed by atoms with van der Waals surface area (Å²) in [4.78, 5) is 10.4. The first kappa shape index (κ1) is 12.2. The van der Waals surface area contributed by atoms with Crippen LogP contribution >= 0.6 is 0 Å². The summed E-state index contributed by atoms with van der Waals surface area (Å²) in [5.41, 5.74) is 5.48. The van der Waals surface area contributed by atoms with Gasteiger partial charge in [0.1, 0.15) is 0 Å². The number of oxime groups is 1. The maximum atomic E-state index is 10.9. The molecular weight excluding hydrogens is 238 g/mol. The number of nitrogens with two attached hydrogens (primary N) is 1. The lowest BCUT2D eigenvalue weighted by Crippen LogP contribution is -2.13. The fraction of sp³-hybridized carbons (Fsp3) is 0.364. The van der Waals surface area contributed by atoms with Gasteiger partial charge < -0.3 is 15.7 Å². The number of nitro benzene ring substituents is 1. The molecule has 0 spiro atoms. The Balaban J connectivity index is 2.25. The molecule has 1 aromatic rings. The number of nitrogens with zero attached hydrogens (tertiary/aromatic N) is 2. The number of hydrogen-bond donors (Lipinski definition) is 2. The highest BCUT2D eigenvalue weighted by Crippen LogP contribution is 2.33. The summed E-state index contributed by atoms with van der Waals surface area (Å²) in [6, 6.07) is 4.22. The van der Waals surface area contributed by atoms with Crippen LogP contribution in [0.25, 0.3) is 0 Å². The van der Waals surface area contributed by atoms with Gasteiger partial charge in [-0.1, -0.05) is 5.16 Å². The molecule has 0 bridgehead atoms. The van der Waals surface area contributed by atoms with Crippen molar-refractivity contribution in [1.82, 2.24) is 0 Å². The van der Waals surface area contributed by atoms with Crippen molar-refractivity contribution in [2.24, 2.45) is 16.8 Å². The Morgan fingerprint density at radius 2 is 2.33 bits per heavy atom. The molecule has 1 aliphatic carbocycles. The van der Waals surface area contributed by atoms with Gasteiger partial charge in [-0.2, -0.15) is 0 Å². The number of hydrogen-bond acceptors (Lipinski definition) is 5. The van der Waals surface area contributed by atoms with E-state index in [1.165, 1.54) is 18.2 Å². The van der Waals surface area contributed by atoms with Crippen molar-refractivity contribution in [1.29, 1.82) is 0 Å². The Hall–Kier alpha value is -2.31. The van der Waals surface area contributed by atoms with Crippen LogP contribution in [-0.2, 0) is 0 Å². The van der Waals surface area contributed by atoms with E-state index in [-0.39, 0.29) is 22.8 Å². The van der Waals surface area contributed by atoms with E-state index >= 15 is 0 Å². The van der Waals surface area contributed by atoms with Crippen molar-refractivity contribution < 1.29 is 14.9 Å². The fourth-order valence-electron chi connectivity index (χ4n) is 1.49. The molecule has 18 heavy (non-hydrogen) atoms. The molecule has 3 N–H and O–H groups in total. The summed E-state index contributed by atoms with van der Waals surface area (Å²) in [6.07, 6.45) is 2.21. The van der Waals surface area contributed by atoms with Gasteiger partial charge in [0, 0.05) is 11.6 Å². The molecule has 1 saturated carbocycles. The fourth-order valence-corrected chi connectivity index (χ4v) is 1.49. The molecule has 0 radical (unpaired) electrons. The van der Waals surface area contributed by atoms with Crippen molar-refractivity contribution in [3.05, 3.63) is 33.9 Å². The van der Waals surface area contributed by atoms with Crippen LogP contribution in [0, 0.1) is 16.0 Å². The number of ether oxygens (including phenoxy) is 1. The van der Waals surface area contributed by atoms with Gasteiger partial charge >= 0.3 is 5.69 Å². The van der Waals surface area contributed by atoms with E-state index in [0.717, 1.165) is 12.8 Å². The second-order valence-corrected chi connectivity index (χ2v) is 4.18. The zero-order chi connectivity index (χ0) is 13.1. The minimum atomic E-state index is -0.545. The lowest BCUT2D eigenvalue weighted by atomic mass is 10.1. The zero-order valence-corrected chi connectivity index (χ0v) is 9.57. The molecule has 0 aliphatic heterocycles. The topological polar surface area (TPSA) is 111 Å². The molecule has 0 aromatic heterocycles. The summed E-state index contributed by atoms with van der Waals surface area (Å²) in [7, 11) is 0. The lowest BCUT2D eigenvalue weighted by molar-refractivity contribution is -0.385. The molecule has 2 rings (SSSR count). The molecule has 1 aliphatic rings. The number of nitro groups is 1. The predicted molar refractivity (Wildman–Crippen MR) is 63.8 cm³/mol. The monoisotopic (exact) mass is 251 g/mol. The standard InChI is InChI=1S/C11H13N3O4/c12-11(13-15)8-3-4-10(9(5-8)14(16)17)18-6-7-1-2-7/h3-5,7,15H,1-2,6H2,(H2,12,13). The smallest absolute Gasteiger partial charge is 0.311 e. The van der Waals surface area contributed by atoms with Crippen LogP contribution in [0.15, 0.2) is 23.4 Å². The van der Waals surface area contributed by atoms with Crippen molar-refractivity contribution in [2.75, 3.05) is 6.61 Å². The molecule has 7 heteroatoms. The van der Waals surface area contributed by atoms with Crippen molar-refractivity contribution >= 4 is 11.5 Å². The third kappa shape index (κ3) is 2.68. The molecule has 1 aromatic carbocycles. The Morgan fingerprint density at radius 3 is 2.89 bits per heavy atom. The van der Waals surface area contributed by atoms with Crippen LogP contribution < -0.4 is 10.5 Å². The van der Waals surface area contributed by atoms with Crippen molar-refractivity contribution in [2.45, 2.75) is 12.8 Å².